The summed E-state index contributed by atoms with van der Waals surface area (Å²) in [7, 11) is -4.62. The molecule has 0 aromatic carbocycles. The Morgan fingerprint density at radius 3 is 1.37 bits per heavy atom. The molecule has 0 saturated heterocycles. The first-order valence-corrected chi connectivity index (χ1v) is 25.7. The fraction of sp³-hybridized carbons (Fsp3) is 0.796. The Kier molecular flexibility index (Phi) is 43.4. The van der Waals surface area contributed by atoms with Crippen LogP contribution in [0.5, 0.6) is 0 Å². The number of phosphoric acid groups is 1. The van der Waals surface area contributed by atoms with Crippen LogP contribution in [0.15, 0.2) is 48.6 Å². The van der Waals surface area contributed by atoms with Gasteiger partial charge in [-0.1, -0.05) is 178 Å². The fourth-order valence-electron chi connectivity index (χ4n) is 6.55. The van der Waals surface area contributed by atoms with Gasteiger partial charge in [0.15, 0.2) is 0 Å². The average Bonchev–Trinajstić information content (AvgIpc) is 3.23. The molecule has 0 spiro atoms. The van der Waals surface area contributed by atoms with Crippen LogP contribution in [0.3, 0.4) is 0 Å². The van der Waals surface area contributed by atoms with Crippen LogP contribution in [-0.4, -0.2) is 60.5 Å². The molecule has 10 nitrogen and oxygen atoms in total. The first-order valence-electron chi connectivity index (χ1n) is 24.2. The summed E-state index contributed by atoms with van der Waals surface area (Å²) in [6.07, 6.45) is 53.0. The SMILES string of the molecule is CCCCCC/C=C\C/C=C\CCCCCCCCOCC(COP(=O)(O)OCC(N)C(=O)O)OC(=O)CCCCCCCCCCC/C=C\C/C=C\CCCCCCC. The molecule has 0 rings (SSSR count). The van der Waals surface area contributed by atoms with Crippen molar-refractivity contribution in [3.8, 4) is 0 Å². The van der Waals surface area contributed by atoms with Crippen LogP contribution < -0.4 is 5.73 Å². The van der Waals surface area contributed by atoms with Gasteiger partial charge in [0.1, 0.15) is 12.1 Å². The maximum Gasteiger partial charge on any atom is 0.472 e. The lowest BCUT2D eigenvalue weighted by Crippen LogP contribution is -2.34. The summed E-state index contributed by atoms with van der Waals surface area (Å²) in [5.41, 5.74) is 5.37. The van der Waals surface area contributed by atoms with Crippen LogP contribution in [0.4, 0.5) is 0 Å². The summed E-state index contributed by atoms with van der Waals surface area (Å²) in [5, 5.41) is 8.92. The van der Waals surface area contributed by atoms with Crippen LogP contribution in [0.2, 0.25) is 0 Å². The quantitative estimate of drug-likeness (QED) is 0.0233. The van der Waals surface area contributed by atoms with Crippen LogP contribution in [0, 0.1) is 0 Å². The van der Waals surface area contributed by atoms with Crippen molar-refractivity contribution in [2.45, 2.75) is 225 Å². The first kappa shape index (κ1) is 57.9. The molecule has 0 aromatic heterocycles. The number of aliphatic carboxylic acids is 1. The van der Waals surface area contributed by atoms with Crippen LogP contribution in [0.1, 0.15) is 213 Å². The van der Waals surface area contributed by atoms with E-state index in [4.69, 9.17) is 29.4 Å². The minimum atomic E-state index is -4.62. The topological polar surface area (TPSA) is 155 Å². The Bertz CT molecular complexity index is 1140. The van der Waals surface area contributed by atoms with Crippen molar-refractivity contribution >= 4 is 19.8 Å². The zero-order valence-corrected chi connectivity index (χ0v) is 39.2. The molecule has 11 heteroatoms. The van der Waals surface area contributed by atoms with Crippen molar-refractivity contribution in [3.63, 3.8) is 0 Å². The van der Waals surface area contributed by atoms with Gasteiger partial charge in [0.2, 0.25) is 0 Å². The minimum Gasteiger partial charge on any atom is -0.480 e. The second kappa shape index (κ2) is 45.0. The third-order valence-electron chi connectivity index (χ3n) is 10.3. The number of hydrogen-bond acceptors (Lipinski definition) is 8. The summed E-state index contributed by atoms with van der Waals surface area (Å²) in [6.45, 7) is 3.84. The lowest BCUT2D eigenvalue weighted by atomic mass is 10.1. The van der Waals surface area contributed by atoms with E-state index < -0.39 is 45.1 Å². The molecule has 0 aliphatic rings. The molecule has 350 valence electrons. The summed E-state index contributed by atoms with van der Waals surface area (Å²) >= 11 is 0. The Morgan fingerprint density at radius 1 is 0.533 bits per heavy atom. The van der Waals surface area contributed by atoms with E-state index in [1.165, 1.54) is 122 Å². The lowest BCUT2D eigenvalue weighted by molar-refractivity contribution is -0.154. The Balaban J connectivity index is 4.20. The Hall–Kier alpha value is -2.07. The molecule has 0 aromatic rings. The number of allylic oxidation sites excluding steroid dienone is 8. The molecular formula is C49H90NO9P. The lowest BCUT2D eigenvalue weighted by Gasteiger charge is -2.20. The molecule has 0 amide bonds. The monoisotopic (exact) mass is 868 g/mol. The van der Waals surface area contributed by atoms with E-state index in [0.717, 1.165) is 64.2 Å². The molecule has 0 saturated carbocycles. The second-order valence-electron chi connectivity index (χ2n) is 16.2. The summed E-state index contributed by atoms with van der Waals surface area (Å²) in [4.78, 5) is 33.6. The van der Waals surface area contributed by atoms with Gasteiger partial charge in [-0.25, -0.2) is 4.57 Å². The number of hydrogen-bond donors (Lipinski definition) is 3. The van der Waals surface area contributed by atoms with E-state index in [9.17, 15) is 19.0 Å². The largest absolute Gasteiger partial charge is 0.480 e. The van der Waals surface area contributed by atoms with Gasteiger partial charge in [-0.2, -0.15) is 0 Å². The highest BCUT2D eigenvalue weighted by atomic mass is 31.2. The number of carboxylic acid groups (broad SMARTS) is 1. The zero-order valence-electron chi connectivity index (χ0n) is 38.3. The number of carboxylic acids is 1. The highest BCUT2D eigenvalue weighted by Gasteiger charge is 2.27. The predicted molar refractivity (Wildman–Crippen MR) is 249 cm³/mol. The summed E-state index contributed by atoms with van der Waals surface area (Å²) in [5.74, 6) is -1.79. The standard InChI is InChI=1S/C49H90NO9P/c1-3-5-7-9-11-13-15-17-19-21-22-23-24-25-27-29-31-33-35-37-39-41-48(51)59-46(44-57-60(54,55)58-45-47(50)49(52)53)43-56-42-40-38-36-34-32-30-28-26-20-18-16-14-12-10-8-6-4-2/h14-17,20-22,26,46-47H,3-13,18-19,23-25,27-45,50H2,1-2H3,(H,52,53)(H,54,55)/b16-14-,17-15-,22-21-,26-20-. The van der Waals surface area contributed by atoms with Gasteiger partial charge in [0, 0.05) is 13.0 Å². The number of nitrogens with two attached hydrogens (primary N) is 1. The van der Waals surface area contributed by atoms with Crippen molar-refractivity contribution in [2.24, 2.45) is 5.73 Å². The number of carbonyl (C=O) groups excluding carboxylic acids is 1. The molecule has 60 heavy (non-hydrogen) atoms. The van der Waals surface area contributed by atoms with Gasteiger partial charge in [0.05, 0.1) is 19.8 Å². The first-order chi connectivity index (χ1) is 29.2. The normalized spacial score (nSPS) is 14.2. The van der Waals surface area contributed by atoms with Crippen molar-refractivity contribution in [3.05, 3.63) is 48.6 Å². The van der Waals surface area contributed by atoms with Crippen molar-refractivity contribution in [1.29, 1.82) is 0 Å². The fourth-order valence-corrected chi connectivity index (χ4v) is 7.32. The molecular weight excluding hydrogens is 778 g/mol. The average molecular weight is 868 g/mol. The van der Waals surface area contributed by atoms with Gasteiger partial charge in [-0.3, -0.25) is 18.6 Å². The third kappa shape index (κ3) is 44.0. The Morgan fingerprint density at radius 2 is 0.917 bits per heavy atom. The maximum atomic E-state index is 12.7. The van der Waals surface area contributed by atoms with Crippen LogP contribution in [0.25, 0.3) is 0 Å². The predicted octanol–water partition coefficient (Wildman–Crippen LogP) is 13.8. The van der Waals surface area contributed by atoms with E-state index in [1.54, 1.807) is 0 Å². The van der Waals surface area contributed by atoms with Gasteiger partial charge < -0.3 is 25.2 Å². The van der Waals surface area contributed by atoms with E-state index in [2.05, 4.69) is 62.5 Å². The van der Waals surface area contributed by atoms with Gasteiger partial charge in [-0.15, -0.1) is 0 Å². The van der Waals surface area contributed by atoms with Gasteiger partial charge in [-0.05, 0) is 77.0 Å². The number of unbranched alkanes of at least 4 members (excludes halogenated alkanes) is 24. The number of rotatable bonds is 46. The highest BCUT2D eigenvalue weighted by Crippen LogP contribution is 2.43. The molecule has 0 aliphatic carbocycles. The van der Waals surface area contributed by atoms with E-state index >= 15 is 0 Å². The molecule has 0 heterocycles. The van der Waals surface area contributed by atoms with E-state index in [0.29, 0.717) is 13.0 Å². The molecule has 0 aliphatic heterocycles. The third-order valence-corrected chi connectivity index (χ3v) is 11.3. The second-order valence-corrected chi connectivity index (χ2v) is 17.7. The highest BCUT2D eigenvalue weighted by molar-refractivity contribution is 7.47. The zero-order chi connectivity index (χ0) is 44.0. The smallest absolute Gasteiger partial charge is 0.472 e. The molecule has 3 unspecified atom stereocenters. The number of esters is 1. The van der Waals surface area contributed by atoms with Crippen LogP contribution >= 0.6 is 7.82 Å². The van der Waals surface area contributed by atoms with Gasteiger partial charge >= 0.3 is 19.8 Å². The summed E-state index contributed by atoms with van der Waals surface area (Å²) < 4.78 is 33.4. The summed E-state index contributed by atoms with van der Waals surface area (Å²) in [6, 6.07) is -1.48. The minimum absolute atomic E-state index is 0.00764. The molecule has 0 radical (unpaired) electrons. The van der Waals surface area contributed by atoms with Crippen molar-refractivity contribution in [1.82, 2.24) is 0 Å². The number of carbonyl (C=O) groups is 2. The van der Waals surface area contributed by atoms with E-state index in [1.807, 2.05) is 0 Å². The maximum absolute atomic E-state index is 12.7. The molecule has 0 bridgehead atoms. The molecule has 3 atom stereocenters. The van der Waals surface area contributed by atoms with Gasteiger partial charge in [0.25, 0.3) is 0 Å². The Labute approximate surface area is 367 Å². The van der Waals surface area contributed by atoms with Crippen molar-refractivity contribution < 1.29 is 42.7 Å². The number of phosphoric ester groups is 1. The van der Waals surface area contributed by atoms with Crippen LogP contribution in [-0.2, 0) is 32.7 Å². The molecule has 4 N–H and O–H groups in total. The number of ether oxygens (including phenoxy) is 2. The van der Waals surface area contributed by atoms with Crippen molar-refractivity contribution in [2.75, 3.05) is 26.4 Å². The molecule has 0 fully saturated rings. The van der Waals surface area contributed by atoms with E-state index in [-0.39, 0.29) is 13.0 Å².